The minimum atomic E-state index is -0.428. The van der Waals surface area contributed by atoms with Crippen molar-refractivity contribution in [3.05, 3.63) is 119 Å². The Morgan fingerprint density at radius 3 is 2.39 bits per heavy atom. The Labute approximate surface area is 244 Å². The molecule has 0 aliphatic carbocycles. The second-order valence-corrected chi connectivity index (χ2v) is 10.5. The summed E-state index contributed by atoms with van der Waals surface area (Å²) >= 11 is 6.17. The molecule has 0 bridgehead atoms. The molecule has 0 aromatic heterocycles. The summed E-state index contributed by atoms with van der Waals surface area (Å²) in [5, 5.41) is 4.24. The van der Waals surface area contributed by atoms with Crippen molar-refractivity contribution in [3.8, 4) is 5.75 Å². The normalized spacial score (nSPS) is 16.5. The lowest BCUT2D eigenvalue weighted by atomic mass is 10.1. The molecule has 1 saturated heterocycles. The summed E-state index contributed by atoms with van der Waals surface area (Å²) in [6.07, 6.45) is -0.428. The van der Waals surface area contributed by atoms with Gasteiger partial charge in [0.1, 0.15) is 11.9 Å². The van der Waals surface area contributed by atoms with E-state index in [4.69, 9.17) is 16.3 Å². The van der Waals surface area contributed by atoms with E-state index in [1.54, 1.807) is 4.90 Å². The molecule has 1 N–H and O–H groups in total. The highest BCUT2D eigenvalue weighted by atomic mass is 35.5. The van der Waals surface area contributed by atoms with Crippen molar-refractivity contribution >= 4 is 40.5 Å². The van der Waals surface area contributed by atoms with Crippen LogP contribution in [-0.2, 0) is 0 Å². The van der Waals surface area contributed by atoms with Crippen LogP contribution in [0, 0.1) is 0 Å². The molecule has 0 saturated carbocycles. The minimum Gasteiger partial charge on any atom is -0.494 e. The lowest BCUT2D eigenvalue weighted by Gasteiger charge is -2.36. The van der Waals surface area contributed by atoms with E-state index in [-0.39, 0.29) is 11.8 Å². The molecule has 2 heterocycles. The molecular formula is C33H31ClN4O3. The zero-order valence-electron chi connectivity index (χ0n) is 22.8. The summed E-state index contributed by atoms with van der Waals surface area (Å²) in [5.41, 5.74) is 4.75. The fraction of sp³-hybridized carbons (Fsp3) is 0.212. The van der Waals surface area contributed by atoms with Crippen LogP contribution in [0.4, 0.5) is 17.1 Å². The predicted octanol–water partition coefficient (Wildman–Crippen LogP) is 6.47. The largest absolute Gasteiger partial charge is 0.494 e. The van der Waals surface area contributed by atoms with Gasteiger partial charge in [-0.3, -0.25) is 14.5 Å². The van der Waals surface area contributed by atoms with Gasteiger partial charge < -0.3 is 19.9 Å². The molecule has 4 aromatic carbocycles. The van der Waals surface area contributed by atoms with Crippen molar-refractivity contribution < 1.29 is 14.3 Å². The fourth-order valence-electron chi connectivity index (χ4n) is 5.52. The first-order chi connectivity index (χ1) is 20.0. The monoisotopic (exact) mass is 566 g/mol. The van der Waals surface area contributed by atoms with Gasteiger partial charge in [-0.05, 0) is 73.7 Å². The summed E-state index contributed by atoms with van der Waals surface area (Å²) in [5.74, 6) is 0.669. The third-order valence-electron chi connectivity index (χ3n) is 7.54. The highest BCUT2D eigenvalue weighted by Crippen LogP contribution is 2.38. The number of ether oxygens (including phenoxy) is 1. The highest BCUT2D eigenvalue weighted by Gasteiger charge is 2.37. The second kappa shape index (κ2) is 11.6. The number of hydrogen-bond donors (Lipinski definition) is 1. The molecule has 6 rings (SSSR count). The zero-order chi connectivity index (χ0) is 28.3. The van der Waals surface area contributed by atoms with Gasteiger partial charge >= 0.3 is 0 Å². The number of hydrogen-bond acceptors (Lipinski definition) is 5. The topological polar surface area (TPSA) is 65.1 Å². The molecule has 2 aliphatic rings. The standard InChI is InChI=1S/C33H31ClN4O3/c1-2-41-28-15-13-26(14-16-28)38-31(29-11-3-4-12-30(29)33(38)40)35-25-9-5-7-23(21-25)32(39)37-19-17-36(18-20-37)27-10-6-8-24(34)22-27/h3-16,21-22,31,35H,2,17-20H2,1H3. The molecule has 1 unspecified atom stereocenters. The maximum Gasteiger partial charge on any atom is 0.260 e. The van der Waals surface area contributed by atoms with Crippen LogP contribution in [0.25, 0.3) is 0 Å². The molecule has 0 spiro atoms. The Morgan fingerprint density at radius 1 is 0.878 bits per heavy atom. The van der Waals surface area contributed by atoms with Crippen molar-refractivity contribution in [1.29, 1.82) is 0 Å². The number of fused-ring (bicyclic) bond motifs is 1. The smallest absolute Gasteiger partial charge is 0.260 e. The number of benzene rings is 4. The number of nitrogens with zero attached hydrogens (tertiary/aromatic N) is 3. The van der Waals surface area contributed by atoms with E-state index >= 15 is 0 Å². The van der Waals surface area contributed by atoms with Gasteiger partial charge in [0.15, 0.2) is 0 Å². The molecule has 2 amide bonds. The average Bonchev–Trinajstić information content (AvgIpc) is 3.28. The van der Waals surface area contributed by atoms with E-state index in [9.17, 15) is 9.59 Å². The summed E-state index contributed by atoms with van der Waals surface area (Å²) in [6, 6.07) is 30.5. The molecular weight excluding hydrogens is 536 g/mol. The zero-order valence-corrected chi connectivity index (χ0v) is 23.6. The Hall–Kier alpha value is -4.49. The lowest BCUT2D eigenvalue weighted by molar-refractivity contribution is 0.0746. The molecule has 7 nitrogen and oxygen atoms in total. The number of amides is 2. The van der Waals surface area contributed by atoms with Crippen molar-refractivity contribution in [2.75, 3.05) is 47.9 Å². The van der Waals surface area contributed by atoms with Crippen LogP contribution >= 0.6 is 11.6 Å². The van der Waals surface area contributed by atoms with Crippen LogP contribution in [0.15, 0.2) is 97.1 Å². The predicted molar refractivity (Wildman–Crippen MR) is 163 cm³/mol. The quantitative estimate of drug-likeness (QED) is 0.278. The van der Waals surface area contributed by atoms with Crippen molar-refractivity contribution in [2.45, 2.75) is 13.1 Å². The van der Waals surface area contributed by atoms with Crippen LogP contribution in [-0.4, -0.2) is 49.5 Å². The van der Waals surface area contributed by atoms with Crippen molar-refractivity contribution in [2.24, 2.45) is 0 Å². The summed E-state index contributed by atoms with van der Waals surface area (Å²) < 4.78 is 5.59. The second-order valence-electron chi connectivity index (χ2n) is 10.1. The van der Waals surface area contributed by atoms with Crippen LogP contribution in [0.3, 0.4) is 0 Å². The Bertz CT molecular complexity index is 1570. The first-order valence-electron chi connectivity index (χ1n) is 13.8. The lowest BCUT2D eigenvalue weighted by Crippen LogP contribution is -2.48. The number of carbonyl (C=O) groups excluding carboxylic acids is 2. The minimum absolute atomic E-state index is 0.00865. The molecule has 4 aromatic rings. The molecule has 1 atom stereocenters. The van der Waals surface area contributed by atoms with Crippen LogP contribution < -0.4 is 19.9 Å². The molecule has 8 heteroatoms. The van der Waals surface area contributed by atoms with Gasteiger partial charge in [0, 0.05) is 65.0 Å². The third kappa shape index (κ3) is 5.45. The molecule has 1 fully saturated rings. The summed E-state index contributed by atoms with van der Waals surface area (Å²) in [4.78, 5) is 32.9. The Kier molecular flexibility index (Phi) is 7.53. The van der Waals surface area contributed by atoms with E-state index < -0.39 is 6.17 Å². The number of piperazine rings is 1. The molecule has 0 radical (unpaired) electrons. The van der Waals surface area contributed by atoms with Gasteiger partial charge in [-0.2, -0.15) is 0 Å². The first-order valence-corrected chi connectivity index (χ1v) is 14.2. The fourth-order valence-corrected chi connectivity index (χ4v) is 5.70. The van der Waals surface area contributed by atoms with E-state index in [0.717, 1.165) is 41.5 Å². The van der Waals surface area contributed by atoms with Crippen molar-refractivity contribution in [3.63, 3.8) is 0 Å². The molecule has 208 valence electrons. The Morgan fingerprint density at radius 2 is 1.63 bits per heavy atom. The van der Waals surface area contributed by atoms with Gasteiger partial charge in [-0.1, -0.05) is 41.9 Å². The van der Waals surface area contributed by atoms with Crippen LogP contribution in [0.1, 0.15) is 39.4 Å². The van der Waals surface area contributed by atoms with Crippen LogP contribution in [0.2, 0.25) is 5.02 Å². The number of carbonyl (C=O) groups is 2. The number of nitrogens with one attached hydrogen (secondary N) is 1. The first kappa shape index (κ1) is 26.7. The number of anilines is 3. The van der Waals surface area contributed by atoms with Gasteiger partial charge in [-0.15, -0.1) is 0 Å². The average molecular weight is 567 g/mol. The van der Waals surface area contributed by atoms with E-state index in [2.05, 4.69) is 10.2 Å². The number of rotatable bonds is 7. The molecule has 41 heavy (non-hydrogen) atoms. The van der Waals surface area contributed by atoms with Gasteiger partial charge in [0.2, 0.25) is 0 Å². The van der Waals surface area contributed by atoms with Gasteiger partial charge in [-0.25, -0.2) is 0 Å². The third-order valence-corrected chi connectivity index (χ3v) is 7.78. The van der Waals surface area contributed by atoms with Gasteiger partial charge in [0.05, 0.1) is 6.61 Å². The van der Waals surface area contributed by atoms with Crippen molar-refractivity contribution in [1.82, 2.24) is 4.90 Å². The maximum absolute atomic E-state index is 13.5. The van der Waals surface area contributed by atoms with E-state index in [0.29, 0.717) is 35.8 Å². The SMILES string of the molecule is CCOc1ccc(N2C(=O)c3ccccc3C2Nc2cccc(C(=O)N3CCN(c4cccc(Cl)c4)CC3)c2)cc1. The summed E-state index contributed by atoms with van der Waals surface area (Å²) in [6.45, 7) is 5.24. The summed E-state index contributed by atoms with van der Waals surface area (Å²) in [7, 11) is 0. The Balaban J connectivity index is 1.20. The van der Waals surface area contributed by atoms with Gasteiger partial charge in [0.25, 0.3) is 11.8 Å². The number of halogens is 1. The van der Waals surface area contributed by atoms with E-state index in [1.165, 1.54) is 0 Å². The molecule has 2 aliphatic heterocycles. The maximum atomic E-state index is 13.5. The highest BCUT2D eigenvalue weighted by molar-refractivity contribution is 6.30. The van der Waals surface area contributed by atoms with Crippen LogP contribution in [0.5, 0.6) is 5.75 Å². The van der Waals surface area contributed by atoms with E-state index in [1.807, 2.05) is 109 Å².